The number of para-hydroxylation sites is 1. The molecule has 0 aliphatic carbocycles. The molecule has 0 radical (unpaired) electrons. The van der Waals surface area contributed by atoms with Gasteiger partial charge in [-0.05, 0) is 24.5 Å². The van der Waals surface area contributed by atoms with Crippen molar-refractivity contribution in [3.05, 3.63) is 23.8 Å². The molecule has 0 saturated heterocycles. The van der Waals surface area contributed by atoms with Gasteiger partial charge in [-0.2, -0.15) is 0 Å². The van der Waals surface area contributed by atoms with Gasteiger partial charge in [0.1, 0.15) is 0 Å². The molecule has 0 aromatic heterocycles. The number of hydrogen-bond acceptors (Lipinski definition) is 2. The van der Waals surface area contributed by atoms with Gasteiger partial charge in [0.05, 0.1) is 17.3 Å². The van der Waals surface area contributed by atoms with Gasteiger partial charge < -0.3 is 10.6 Å². The molecule has 1 aliphatic rings. The van der Waals surface area contributed by atoms with Crippen LogP contribution >= 0.6 is 0 Å². The lowest BCUT2D eigenvalue weighted by atomic mass is 10.0. The van der Waals surface area contributed by atoms with Gasteiger partial charge in [0.2, 0.25) is 5.91 Å². The van der Waals surface area contributed by atoms with E-state index in [-0.39, 0.29) is 11.8 Å². The van der Waals surface area contributed by atoms with E-state index >= 15 is 0 Å². The third-order valence-electron chi connectivity index (χ3n) is 3.02. The van der Waals surface area contributed by atoms with Crippen molar-refractivity contribution in [2.75, 3.05) is 17.2 Å². The molecule has 0 spiro atoms. The van der Waals surface area contributed by atoms with Gasteiger partial charge in [0.15, 0.2) is 0 Å². The normalized spacial score (nSPS) is 19.4. The van der Waals surface area contributed by atoms with Crippen molar-refractivity contribution in [3.8, 4) is 0 Å². The van der Waals surface area contributed by atoms with Crippen LogP contribution in [0, 0.1) is 5.92 Å². The Morgan fingerprint density at radius 3 is 2.75 bits per heavy atom. The second-order valence-electron chi connectivity index (χ2n) is 4.85. The summed E-state index contributed by atoms with van der Waals surface area (Å²) in [7, 11) is 0. The average molecular weight is 218 g/mol. The number of fused-ring (bicyclic) bond motifs is 1. The van der Waals surface area contributed by atoms with Crippen molar-refractivity contribution in [2.24, 2.45) is 5.92 Å². The Morgan fingerprint density at radius 2 is 2.12 bits per heavy atom. The molecule has 2 N–H and O–H groups in total. The molecule has 1 unspecified atom stereocenters. The van der Waals surface area contributed by atoms with Crippen molar-refractivity contribution in [3.63, 3.8) is 0 Å². The fourth-order valence-electron chi connectivity index (χ4n) is 2.26. The van der Waals surface area contributed by atoms with Crippen LogP contribution in [0.15, 0.2) is 18.2 Å². The largest absolute Gasteiger partial charge is 0.397 e. The van der Waals surface area contributed by atoms with Gasteiger partial charge in [-0.3, -0.25) is 4.79 Å². The predicted octanol–water partition coefficient (Wildman–Crippen LogP) is 2.37. The van der Waals surface area contributed by atoms with Crippen molar-refractivity contribution < 1.29 is 4.79 Å². The zero-order valence-corrected chi connectivity index (χ0v) is 10.0. The third kappa shape index (κ3) is 1.56. The molecule has 0 fully saturated rings. The number of nitrogens with zero attached hydrogens (tertiary/aromatic N) is 1. The highest BCUT2D eigenvalue weighted by atomic mass is 16.2. The van der Waals surface area contributed by atoms with E-state index in [2.05, 4.69) is 13.8 Å². The molecule has 0 saturated carbocycles. The van der Waals surface area contributed by atoms with Crippen molar-refractivity contribution >= 4 is 17.3 Å². The maximum Gasteiger partial charge on any atom is 0.234 e. The predicted molar refractivity (Wildman–Crippen MR) is 66.5 cm³/mol. The number of carbonyl (C=O) groups is 1. The molecule has 1 heterocycles. The van der Waals surface area contributed by atoms with Crippen LogP contribution in [-0.2, 0) is 4.79 Å². The van der Waals surface area contributed by atoms with Crippen LogP contribution in [-0.4, -0.2) is 12.5 Å². The standard InChI is InChI=1S/C13H18N2O/c1-8(2)7-15-12-10(9(3)13(15)16)5-4-6-11(12)14/h4-6,8-9H,7,14H2,1-3H3. The lowest BCUT2D eigenvalue weighted by molar-refractivity contribution is -0.119. The average Bonchev–Trinajstić information content (AvgIpc) is 2.45. The molecule has 3 nitrogen and oxygen atoms in total. The second kappa shape index (κ2) is 3.81. The summed E-state index contributed by atoms with van der Waals surface area (Å²) in [5.41, 5.74) is 8.66. The highest BCUT2D eigenvalue weighted by Gasteiger charge is 2.35. The lowest BCUT2D eigenvalue weighted by Crippen LogP contribution is -2.32. The number of nitrogens with two attached hydrogens (primary N) is 1. The summed E-state index contributed by atoms with van der Waals surface area (Å²) < 4.78 is 0. The molecule has 0 bridgehead atoms. The highest BCUT2D eigenvalue weighted by Crippen LogP contribution is 2.41. The van der Waals surface area contributed by atoms with Crippen molar-refractivity contribution in [1.29, 1.82) is 0 Å². The highest BCUT2D eigenvalue weighted by molar-refractivity contribution is 6.07. The first-order valence-electron chi connectivity index (χ1n) is 5.72. The minimum absolute atomic E-state index is 0.0581. The minimum atomic E-state index is -0.0581. The van der Waals surface area contributed by atoms with Gasteiger partial charge >= 0.3 is 0 Å². The fourth-order valence-corrected chi connectivity index (χ4v) is 2.26. The lowest BCUT2D eigenvalue weighted by Gasteiger charge is -2.21. The van der Waals surface area contributed by atoms with Crippen LogP contribution in [0.2, 0.25) is 0 Å². The van der Waals surface area contributed by atoms with E-state index in [1.165, 1.54) is 0 Å². The van der Waals surface area contributed by atoms with E-state index < -0.39 is 0 Å². The Kier molecular flexibility index (Phi) is 2.62. The molecule has 1 aromatic rings. The van der Waals surface area contributed by atoms with Crippen molar-refractivity contribution in [2.45, 2.75) is 26.7 Å². The maximum absolute atomic E-state index is 12.1. The quantitative estimate of drug-likeness (QED) is 0.775. The Bertz CT molecular complexity index is 426. The van der Waals surface area contributed by atoms with Crippen molar-refractivity contribution in [1.82, 2.24) is 0 Å². The summed E-state index contributed by atoms with van der Waals surface area (Å²) in [4.78, 5) is 14.0. The number of anilines is 2. The minimum Gasteiger partial charge on any atom is -0.397 e. The van der Waals surface area contributed by atoms with Gasteiger partial charge in [-0.15, -0.1) is 0 Å². The zero-order chi connectivity index (χ0) is 11.9. The summed E-state index contributed by atoms with van der Waals surface area (Å²) in [6.07, 6.45) is 0. The molecular formula is C13H18N2O. The van der Waals surface area contributed by atoms with Crippen LogP contribution in [0.5, 0.6) is 0 Å². The van der Waals surface area contributed by atoms with Crippen LogP contribution < -0.4 is 10.6 Å². The van der Waals surface area contributed by atoms with E-state index in [0.717, 1.165) is 17.8 Å². The third-order valence-corrected chi connectivity index (χ3v) is 3.02. The first kappa shape index (κ1) is 11.0. The molecule has 1 aromatic carbocycles. The molecule has 16 heavy (non-hydrogen) atoms. The Morgan fingerprint density at radius 1 is 1.44 bits per heavy atom. The summed E-state index contributed by atoms with van der Waals surface area (Å²) in [5.74, 6) is 0.556. The number of hydrogen-bond donors (Lipinski definition) is 1. The van der Waals surface area contributed by atoms with Crippen LogP contribution in [0.25, 0.3) is 0 Å². The summed E-state index contributed by atoms with van der Waals surface area (Å²) in [6, 6.07) is 5.77. The van der Waals surface area contributed by atoms with Crippen LogP contribution in [0.4, 0.5) is 11.4 Å². The van der Waals surface area contributed by atoms with Gasteiger partial charge in [0, 0.05) is 6.54 Å². The van der Waals surface area contributed by atoms with Gasteiger partial charge in [-0.25, -0.2) is 0 Å². The molecule has 1 aliphatic heterocycles. The van der Waals surface area contributed by atoms with E-state index in [1.807, 2.05) is 30.0 Å². The molecule has 3 heteroatoms. The molecule has 2 rings (SSSR count). The number of carbonyl (C=O) groups excluding carboxylic acids is 1. The summed E-state index contributed by atoms with van der Waals surface area (Å²) in [5, 5.41) is 0. The zero-order valence-electron chi connectivity index (χ0n) is 10.0. The first-order chi connectivity index (χ1) is 7.52. The number of benzene rings is 1. The fraction of sp³-hybridized carbons (Fsp3) is 0.462. The van der Waals surface area contributed by atoms with Gasteiger partial charge in [0.25, 0.3) is 0 Å². The first-order valence-corrected chi connectivity index (χ1v) is 5.72. The molecule has 1 atom stereocenters. The van der Waals surface area contributed by atoms with Crippen LogP contribution in [0.1, 0.15) is 32.3 Å². The topological polar surface area (TPSA) is 46.3 Å². The molecule has 86 valence electrons. The van der Waals surface area contributed by atoms with E-state index in [1.54, 1.807) is 0 Å². The monoisotopic (exact) mass is 218 g/mol. The number of nitrogen functional groups attached to an aromatic ring is 1. The van der Waals surface area contributed by atoms with Gasteiger partial charge in [-0.1, -0.05) is 26.0 Å². The Labute approximate surface area is 96.2 Å². The SMILES string of the molecule is CC(C)CN1C(=O)C(C)c2cccc(N)c21. The maximum atomic E-state index is 12.1. The summed E-state index contributed by atoms with van der Waals surface area (Å²) in [6.45, 7) is 6.90. The number of rotatable bonds is 2. The molecule has 1 amide bonds. The van der Waals surface area contributed by atoms with E-state index in [0.29, 0.717) is 11.6 Å². The number of amides is 1. The molecular weight excluding hydrogens is 200 g/mol. The van der Waals surface area contributed by atoms with E-state index in [9.17, 15) is 4.79 Å². The second-order valence-corrected chi connectivity index (χ2v) is 4.85. The van der Waals surface area contributed by atoms with E-state index in [4.69, 9.17) is 5.73 Å². The van der Waals surface area contributed by atoms with Crippen LogP contribution in [0.3, 0.4) is 0 Å². The Balaban J connectivity index is 2.47. The summed E-state index contributed by atoms with van der Waals surface area (Å²) >= 11 is 0. The smallest absolute Gasteiger partial charge is 0.234 e. The Hall–Kier alpha value is -1.51.